The standard InChI is InChI=1S/C10H11NO/c1-2-10(11-8-12)9-6-4-3-5-7-9/h3-7,10H,2H2,1H3. The third kappa shape index (κ3) is 2.04. The van der Waals surface area contributed by atoms with Crippen LogP contribution in [0.15, 0.2) is 35.3 Å². The van der Waals surface area contributed by atoms with Crippen molar-refractivity contribution in [3.63, 3.8) is 0 Å². The normalized spacial score (nSPS) is 11.8. The summed E-state index contributed by atoms with van der Waals surface area (Å²) < 4.78 is 0. The minimum absolute atomic E-state index is 0.0244. The third-order valence-electron chi connectivity index (χ3n) is 1.78. The van der Waals surface area contributed by atoms with Crippen molar-refractivity contribution >= 4 is 6.08 Å². The molecule has 0 spiro atoms. The molecule has 2 heteroatoms. The maximum atomic E-state index is 10.1. The van der Waals surface area contributed by atoms with E-state index in [-0.39, 0.29) is 6.04 Å². The van der Waals surface area contributed by atoms with E-state index in [0.717, 1.165) is 12.0 Å². The Morgan fingerprint density at radius 3 is 2.58 bits per heavy atom. The van der Waals surface area contributed by atoms with Gasteiger partial charge in [-0.2, -0.15) is 4.99 Å². The van der Waals surface area contributed by atoms with Crippen molar-refractivity contribution < 1.29 is 4.79 Å². The maximum Gasteiger partial charge on any atom is 0.235 e. The van der Waals surface area contributed by atoms with Crippen LogP contribution in [0.25, 0.3) is 0 Å². The highest BCUT2D eigenvalue weighted by Gasteiger charge is 2.04. The fraction of sp³-hybridized carbons (Fsp3) is 0.300. The summed E-state index contributed by atoms with van der Waals surface area (Å²) in [5, 5.41) is 0. The van der Waals surface area contributed by atoms with Crippen LogP contribution in [0.2, 0.25) is 0 Å². The zero-order valence-corrected chi connectivity index (χ0v) is 7.03. The van der Waals surface area contributed by atoms with E-state index in [2.05, 4.69) is 4.99 Å². The average Bonchev–Trinajstić information content (AvgIpc) is 2.15. The molecule has 1 rings (SSSR count). The van der Waals surface area contributed by atoms with Crippen molar-refractivity contribution in [2.45, 2.75) is 19.4 Å². The molecule has 0 amide bonds. The molecule has 2 nitrogen and oxygen atoms in total. The Bertz CT molecular complexity index is 275. The number of carbonyl (C=O) groups excluding carboxylic acids is 1. The van der Waals surface area contributed by atoms with Crippen molar-refractivity contribution in [2.75, 3.05) is 0 Å². The van der Waals surface area contributed by atoms with Crippen LogP contribution < -0.4 is 0 Å². The highest BCUT2D eigenvalue weighted by Crippen LogP contribution is 2.19. The van der Waals surface area contributed by atoms with Gasteiger partial charge < -0.3 is 0 Å². The molecule has 0 radical (unpaired) electrons. The second kappa shape index (κ2) is 4.47. The maximum absolute atomic E-state index is 10.1. The molecule has 1 unspecified atom stereocenters. The summed E-state index contributed by atoms with van der Waals surface area (Å²) in [6.45, 7) is 2.00. The lowest BCUT2D eigenvalue weighted by Gasteiger charge is -2.06. The molecule has 1 aromatic carbocycles. The van der Waals surface area contributed by atoms with Crippen molar-refractivity contribution in [3.05, 3.63) is 35.9 Å². The van der Waals surface area contributed by atoms with E-state index in [0.29, 0.717) is 0 Å². The van der Waals surface area contributed by atoms with E-state index >= 15 is 0 Å². The van der Waals surface area contributed by atoms with E-state index in [4.69, 9.17) is 0 Å². The average molecular weight is 161 g/mol. The number of hydrogen-bond donors (Lipinski definition) is 0. The molecule has 0 saturated carbocycles. The predicted octanol–water partition coefficient (Wildman–Crippen LogP) is 2.47. The lowest BCUT2D eigenvalue weighted by molar-refractivity contribution is 0.556. The fourth-order valence-electron chi connectivity index (χ4n) is 1.14. The largest absolute Gasteiger partial charge is 0.235 e. The van der Waals surface area contributed by atoms with Gasteiger partial charge in [0.15, 0.2) is 0 Å². The van der Waals surface area contributed by atoms with Crippen molar-refractivity contribution in [2.24, 2.45) is 4.99 Å². The smallest absolute Gasteiger partial charge is 0.211 e. The molecular weight excluding hydrogens is 150 g/mol. The summed E-state index contributed by atoms with van der Waals surface area (Å²) in [5.74, 6) is 0. The summed E-state index contributed by atoms with van der Waals surface area (Å²) in [6, 6.07) is 9.74. The van der Waals surface area contributed by atoms with Gasteiger partial charge in [0.1, 0.15) is 0 Å². The Balaban J connectivity index is 2.87. The lowest BCUT2D eigenvalue weighted by atomic mass is 10.1. The first-order chi connectivity index (χ1) is 5.88. The van der Waals surface area contributed by atoms with Crippen LogP contribution in [-0.2, 0) is 4.79 Å². The van der Waals surface area contributed by atoms with Crippen molar-refractivity contribution in [3.8, 4) is 0 Å². The van der Waals surface area contributed by atoms with Crippen LogP contribution in [0.1, 0.15) is 24.9 Å². The predicted molar refractivity (Wildman–Crippen MR) is 47.6 cm³/mol. The van der Waals surface area contributed by atoms with Crippen LogP contribution in [0.4, 0.5) is 0 Å². The second-order valence-corrected chi connectivity index (χ2v) is 2.56. The summed E-state index contributed by atoms with van der Waals surface area (Å²) in [4.78, 5) is 13.8. The summed E-state index contributed by atoms with van der Waals surface area (Å²) in [5.41, 5.74) is 1.07. The molecule has 0 aliphatic carbocycles. The Morgan fingerprint density at radius 2 is 2.08 bits per heavy atom. The van der Waals surface area contributed by atoms with Gasteiger partial charge in [-0.25, -0.2) is 4.79 Å². The lowest BCUT2D eigenvalue weighted by Crippen LogP contribution is -1.91. The molecule has 0 N–H and O–H groups in total. The van der Waals surface area contributed by atoms with E-state index in [1.54, 1.807) is 6.08 Å². The zero-order chi connectivity index (χ0) is 8.81. The Kier molecular flexibility index (Phi) is 3.24. The highest BCUT2D eigenvalue weighted by molar-refractivity contribution is 5.35. The zero-order valence-electron chi connectivity index (χ0n) is 7.03. The van der Waals surface area contributed by atoms with Crippen LogP contribution in [0, 0.1) is 0 Å². The first-order valence-corrected chi connectivity index (χ1v) is 4.00. The molecule has 0 bridgehead atoms. The molecule has 1 atom stereocenters. The van der Waals surface area contributed by atoms with Gasteiger partial charge in [-0.05, 0) is 12.0 Å². The molecule has 0 aliphatic heterocycles. The van der Waals surface area contributed by atoms with Gasteiger partial charge in [-0.15, -0.1) is 0 Å². The van der Waals surface area contributed by atoms with E-state index in [9.17, 15) is 4.79 Å². The van der Waals surface area contributed by atoms with E-state index < -0.39 is 0 Å². The second-order valence-electron chi connectivity index (χ2n) is 2.56. The number of hydrogen-bond acceptors (Lipinski definition) is 2. The van der Waals surface area contributed by atoms with Gasteiger partial charge in [0.2, 0.25) is 6.08 Å². The van der Waals surface area contributed by atoms with Crippen LogP contribution in [-0.4, -0.2) is 6.08 Å². The molecule has 62 valence electrons. The monoisotopic (exact) mass is 161 g/mol. The van der Waals surface area contributed by atoms with Gasteiger partial charge in [0, 0.05) is 0 Å². The van der Waals surface area contributed by atoms with Crippen LogP contribution in [0.3, 0.4) is 0 Å². The van der Waals surface area contributed by atoms with Crippen molar-refractivity contribution in [1.29, 1.82) is 0 Å². The molecule has 0 heterocycles. The SMILES string of the molecule is CCC(N=C=O)c1ccccc1. The van der Waals surface area contributed by atoms with Crippen LogP contribution >= 0.6 is 0 Å². The molecule has 1 aromatic rings. The molecule has 0 fully saturated rings. The highest BCUT2D eigenvalue weighted by atomic mass is 16.1. The number of aliphatic imine (C=N–C) groups is 1. The topological polar surface area (TPSA) is 29.4 Å². The van der Waals surface area contributed by atoms with Gasteiger partial charge in [-0.3, -0.25) is 0 Å². The van der Waals surface area contributed by atoms with Gasteiger partial charge in [-0.1, -0.05) is 37.3 Å². The summed E-state index contributed by atoms with van der Waals surface area (Å²) >= 11 is 0. The molecule has 0 aliphatic rings. The third-order valence-corrected chi connectivity index (χ3v) is 1.78. The number of benzene rings is 1. The summed E-state index contributed by atoms with van der Waals surface area (Å²) in [6.07, 6.45) is 2.42. The Morgan fingerprint density at radius 1 is 1.42 bits per heavy atom. The van der Waals surface area contributed by atoms with Gasteiger partial charge >= 0.3 is 0 Å². The Labute approximate surface area is 71.9 Å². The van der Waals surface area contributed by atoms with Gasteiger partial charge in [0.05, 0.1) is 6.04 Å². The minimum Gasteiger partial charge on any atom is -0.211 e. The first-order valence-electron chi connectivity index (χ1n) is 4.00. The fourth-order valence-corrected chi connectivity index (χ4v) is 1.14. The van der Waals surface area contributed by atoms with E-state index in [1.165, 1.54) is 0 Å². The molecular formula is C10H11NO. The van der Waals surface area contributed by atoms with Crippen molar-refractivity contribution in [1.82, 2.24) is 0 Å². The molecule has 12 heavy (non-hydrogen) atoms. The molecule has 0 aromatic heterocycles. The molecule has 0 saturated heterocycles. The van der Waals surface area contributed by atoms with Crippen LogP contribution in [0.5, 0.6) is 0 Å². The first kappa shape index (κ1) is 8.69. The number of rotatable bonds is 3. The minimum atomic E-state index is -0.0244. The van der Waals surface area contributed by atoms with Gasteiger partial charge in [0.25, 0.3) is 0 Å². The quantitative estimate of drug-likeness (QED) is 0.494. The van der Waals surface area contributed by atoms with E-state index in [1.807, 2.05) is 37.3 Å². The Hall–Kier alpha value is -1.40. The summed E-state index contributed by atoms with van der Waals surface area (Å²) in [7, 11) is 0. The number of nitrogens with zero attached hydrogens (tertiary/aromatic N) is 1. The number of isocyanates is 1.